The van der Waals surface area contributed by atoms with E-state index in [1.807, 2.05) is 20.8 Å². The summed E-state index contributed by atoms with van der Waals surface area (Å²) in [7, 11) is 0. The summed E-state index contributed by atoms with van der Waals surface area (Å²) in [5, 5.41) is 0. The molecule has 104 valence electrons. The van der Waals surface area contributed by atoms with Crippen LogP contribution in [0.5, 0.6) is 0 Å². The standard InChI is InChI=1S/C12H22N2O4/c1-11(2,9(15)17-13)8-4-6-12(3,7-5-8)10(16)18-14/h8H,4-7,13-14H2,1-3H3. The molecular weight excluding hydrogens is 236 g/mol. The highest BCUT2D eigenvalue weighted by molar-refractivity contribution is 5.77. The van der Waals surface area contributed by atoms with Crippen molar-refractivity contribution >= 4 is 11.9 Å². The normalized spacial score (nSPS) is 28.6. The van der Waals surface area contributed by atoms with Crippen molar-refractivity contribution in [2.24, 2.45) is 28.5 Å². The second-order valence-corrected chi connectivity index (χ2v) is 5.87. The summed E-state index contributed by atoms with van der Waals surface area (Å²) < 4.78 is 0. The minimum absolute atomic E-state index is 0.146. The Kier molecular flexibility index (Phi) is 4.34. The van der Waals surface area contributed by atoms with Gasteiger partial charge in [0.1, 0.15) is 0 Å². The fraction of sp³-hybridized carbons (Fsp3) is 0.833. The van der Waals surface area contributed by atoms with E-state index in [1.165, 1.54) is 0 Å². The molecule has 1 saturated carbocycles. The molecule has 1 rings (SSSR count). The van der Waals surface area contributed by atoms with Crippen LogP contribution in [-0.4, -0.2) is 11.9 Å². The van der Waals surface area contributed by atoms with Gasteiger partial charge in [-0.05, 0) is 52.4 Å². The highest BCUT2D eigenvalue weighted by Gasteiger charge is 2.45. The zero-order chi connectivity index (χ0) is 14.0. The first kappa shape index (κ1) is 14.9. The maximum Gasteiger partial charge on any atom is 0.330 e. The lowest BCUT2D eigenvalue weighted by Crippen LogP contribution is -2.42. The van der Waals surface area contributed by atoms with Gasteiger partial charge in [0.05, 0.1) is 10.8 Å². The maximum atomic E-state index is 11.6. The molecular formula is C12H22N2O4. The number of carbonyl (C=O) groups excluding carboxylic acids is 2. The fourth-order valence-electron chi connectivity index (χ4n) is 2.64. The van der Waals surface area contributed by atoms with E-state index in [2.05, 4.69) is 9.68 Å². The Hall–Kier alpha value is -1.14. The second-order valence-electron chi connectivity index (χ2n) is 5.87. The van der Waals surface area contributed by atoms with Gasteiger partial charge in [0, 0.05) is 0 Å². The Labute approximate surface area is 107 Å². The number of hydrogen-bond donors (Lipinski definition) is 2. The molecule has 0 spiro atoms. The Morgan fingerprint density at radius 2 is 1.67 bits per heavy atom. The van der Waals surface area contributed by atoms with Gasteiger partial charge in [-0.15, -0.1) is 0 Å². The summed E-state index contributed by atoms with van der Waals surface area (Å²) in [6.45, 7) is 5.47. The molecule has 1 fully saturated rings. The van der Waals surface area contributed by atoms with E-state index >= 15 is 0 Å². The molecule has 18 heavy (non-hydrogen) atoms. The van der Waals surface area contributed by atoms with E-state index in [-0.39, 0.29) is 11.9 Å². The molecule has 0 amide bonds. The van der Waals surface area contributed by atoms with Crippen molar-refractivity contribution in [3.8, 4) is 0 Å². The number of rotatable bonds is 3. The minimum atomic E-state index is -0.636. The van der Waals surface area contributed by atoms with Crippen molar-refractivity contribution in [2.45, 2.75) is 46.5 Å². The second kappa shape index (κ2) is 5.24. The molecule has 1 aliphatic carbocycles. The summed E-state index contributed by atoms with van der Waals surface area (Å²) in [6.07, 6.45) is 2.78. The molecule has 0 radical (unpaired) electrons. The highest BCUT2D eigenvalue weighted by Crippen LogP contribution is 2.46. The summed E-state index contributed by atoms with van der Waals surface area (Å²) in [5.41, 5.74) is -1.18. The van der Waals surface area contributed by atoms with Crippen LogP contribution < -0.4 is 11.8 Å². The first-order chi connectivity index (χ1) is 8.28. The highest BCUT2D eigenvalue weighted by atomic mass is 16.7. The molecule has 6 heteroatoms. The molecule has 0 atom stereocenters. The van der Waals surface area contributed by atoms with E-state index in [0.29, 0.717) is 12.8 Å². The largest absolute Gasteiger partial charge is 0.373 e. The van der Waals surface area contributed by atoms with Gasteiger partial charge in [-0.25, -0.2) is 9.59 Å². The van der Waals surface area contributed by atoms with Crippen molar-refractivity contribution in [3.05, 3.63) is 0 Å². The van der Waals surface area contributed by atoms with Crippen LogP contribution >= 0.6 is 0 Å². The molecule has 0 saturated heterocycles. The lowest BCUT2D eigenvalue weighted by atomic mass is 9.64. The molecule has 1 aliphatic rings. The Balaban J connectivity index is 2.69. The van der Waals surface area contributed by atoms with Crippen LogP contribution in [0.2, 0.25) is 0 Å². The lowest BCUT2D eigenvalue weighted by Gasteiger charge is -2.40. The SMILES string of the molecule is CC1(C(=O)ON)CCC(C(C)(C)C(=O)ON)CC1. The van der Waals surface area contributed by atoms with E-state index in [9.17, 15) is 9.59 Å². The third kappa shape index (κ3) is 2.64. The van der Waals surface area contributed by atoms with E-state index in [1.54, 1.807) is 0 Å². The van der Waals surface area contributed by atoms with Crippen molar-refractivity contribution in [2.75, 3.05) is 0 Å². The lowest BCUT2D eigenvalue weighted by molar-refractivity contribution is -0.163. The van der Waals surface area contributed by atoms with Crippen LogP contribution in [0.4, 0.5) is 0 Å². The fourth-order valence-corrected chi connectivity index (χ4v) is 2.64. The number of nitrogens with two attached hydrogens (primary N) is 2. The molecule has 0 aromatic carbocycles. The van der Waals surface area contributed by atoms with E-state index < -0.39 is 16.8 Å². The van der Waals surface area contributed by atoms with Gasteiger partial charge in [-0.2, -0.15) is 11.8 Å². The topological polar surface area (TPSA) is 105 Å². The summed E-state index contributed by atoms with van der Waals surface area (Å²) in [4.78, 5) is 31.9. The molecule has 6 nitrogen and oxygen atoms in total. The Morgan fingerprint density at radius 3 is 2.06 bits per heavy atom. The summed E-state index contributed by atoms with van der Waals surface area (Å²) in [5.74, 6) is 9.22. The van der Waals surface area contributed by atoms with Crippen LogP contribution in [0.3, 0.4) is 0 Å². The van der Waals surface area contributed by atoms with Gasteiger partial charge in [-0.3, -0.25) is 0 Å². The van der Waals surface area contributed by atoms with Crippen LogP contribution in [0.1, 0.15) is 46.5 Å². The Morgan fingerprint density at radius 1 is 1.17 bits per heavy atom. The van der Waals surface area contributed by atoms with Crippen molar-refractivity contribution in [1.82, 2.24) is 0 Å². The molecule has 0 bridgehead atoms. The van der Waals surface area contributed by atoms with Crippen LogP contribution in [0.25, 0.3) is 0 Å². The van der Waals surface area contributed by atoms with Crippen molar-refractivity contribution < 1.29 is 19.3 Å². The molecule has 0 aromatic rings. The van der Waals surface area contributed by atoms with E-state index in [4.69, 9.17) is 11.8 Å². The zero-order valence-electron chi connectivity index (χ0n) is 11.2. The summed E-state index contributed by atoms with van der Waals surface area (Å²) >= 11 is 0. The molecule has 0 heterocycles. The van der Waals surface area contributed by atoms with Gasteiger partial charge in [-0.1, -0.05) is 0 Å². The monoisotopic (exact) mass is 258 g/mol. The first-order valence-electron chi connectivity index (χ1n) is 6.10. The number of hydrogen-bond acceptors (Lipinski definition) is 6. The average molecular weight is 258 g/mol. The summed E-state index contributed by atoms with van der Waals surface area (Å²) in [6, 6.07) is 0. The molecule has 0 unspecified atom stereocenters. The molecule has 0 aromatic heterocycles. The number of carbonyl (C=O) groups is 2. The molecule has 4 N–H and O–H groups in total. The average Bonchev–Trinajstić information content (AvgIpc) is 2.37. The maximum absolute atomic E-state index is 11.6. The van der Waals surface area contributed by atoms with Gasteiger partial charge in [0.25, 0.3) is 0 Å². The van der Waals surface area contributed by atoms with E-state index in [0.717, 1.165) is 12.8 Å². The minimum Gasteiger partial charge on any atom is -0.373 e. The van der Waals surface area contributed by atoms with Gasteiger partial charge >= 0.3 is 11.9 Å². The van der Waals surface area contributed by atoms with Crippen molar-refractivity contribution in [3.63, 3.8) is 0 Å². The third-order valence-corrected chi connectivity index (χ3v) is 4.34. The van der Waals surface area contributed by atoms with Crippen LogP contribution in [0, 0.1) is 16.7 Å². The predicted octanol–water partition coefficient (Wildman–Crippen LogP) is 1.04. The molecule has 0 aliphatic heterocycles. The predicted molar refractivity (Wildman–Crippen MR) is 64.4 cm³/mol. The van der Waals surface area contributed by atoms with Crippen LogP contribution in [0.15, 0.2) is 0 Å². The van der Waals surface area contributed by atoms with Gasteiger partial charge < -0.3 is 9.68 Å². The van der Waals surface area contributed by atoms with Gasteiger partial charge in [0.2, 0.25) is 0 Å². The first-order valence-corrected chi connectivity index (χ1v) is 6.10. The smallest absolute Gasteiger partial charge is 0.330 e. The van der Waals surface area contributed by atoms with Crippen molar-refractivity contribution in [1.29, 1.82) is 0 Å². The quantitative estimate of drug-likeness (QED) is 0.733. The van der Waals surface area contributed by atoms with Crippen LogP contribution in [-0.2, 0) is 19.3 Å². The zero-order valence-corrected chi connectivity index (χ0v) is 11.2. The van der Waals surface area contributed by atoms with Gasteiger partial charge in [0.15, 0.2) is 0 Å². The Bertz CT molecular complexity index is 333. The third-order valence-electron chi connectivity index (χ3n) is 4.34.